The Bertz CT molecular complexity index is 275. The number of carbonyl (C=O) groups is 3. The second kappa shape index (κ2) is 4.08. The molecule has 1 amide bonds. The second-order valence-electron chi connectivity index (χ2n) is 2.94. The van der Waals surface area contributed by atoms with Gasteiger partial charge in [-0.05, 0) is 0 Å². The average Bonchev–Trinajstić information content (AvgIpc) is 2.46. The number of nitrogens with one attached hydrogen (secondary N) is 1. The first kappa shape index (κ1) is 10.5. The molecule has 0 saturated carbocycles. The number of hydrogen-bond acceptors (Lipinski definition) is 5. The van der Waals surface area contributed by atoms with Gasteiger partial charge >= 0.3 is 11.9 Å². The van der Waals surface area contributed by atoms with Gasteiger partial charge in [-0.15, -0.1) is 0 Å². The highest BCUT2D eigenvalue weighted by molar-refractivity contribution is 5.89. The third-order valence-electron chi connectivity index (χ3n) is 1.83. The maximum Gasteiger partial charge on any atom is 0.347 e. The Morgan fingerprint density at radius 2 is 2.21 bits per heavy atom. The number of amides is 1. The fourth-order valence-corrected chi connectivity index (χ4v) is 1.22. The molecule has 78 valence electrons. The minimum absolute atomic E-state index is 0.130. The molecule has 6 nitrogen and oxygen atoms in total. The van der Waals surface area contributed by atoms with E-state index in [-0.39, 0.29) is 12.3 Å². The van der Waals surface area contributed by atoms with E-state index >= 15 is 0 Å². The van der Waals surface area contributed by atoms with Crippen molar-refractivity contribution in [3.63, 3.8) is 0 Å². The first-order valence-corrected chi connectivity index (χ1v) is 4.10. The summed E-state index contributed by atoms with van der Waals surface area (Å²) in [6.07, 6.45) is -0.769. The third-order valence-corrected chi connectivity index (χ3v) is 1.83. The quantitative estimate of drug-likeness (QED) is 0.578. The predicted molar refractivity (Wildman–Crippen MR) is 44.1 cm³/mol. The fraction of sp³-hybridized carbons (Fsp3) is 0.625. The van der Waals surface area contributed by atoms with Gasteiger partial charge in [0.25, 0.3) is 0 Å². The average molecular weight is 201 g/mol. The maximum atomic E-state index is 11.1. The number of ether oxygens (including phenoxy) is 2. The van der Waals surface area contributed by atoms with Crippen LogP contribution in [-0.4, -0.2) is 37.1 Å². The fourth-order valence-electron chi connectivity index (χ4n) is 1.22. The topological polar surface area (TPSA) is 81.7 Å². The zero-order chi connectivity index (χ0) is 10.7. The zero-order valence-corrected chi connectivity index (χ0v) is 7.90. The Balaban J connectivity index is 2.55. The van der Waals surface area contributed by atoms with E-state index in [1.165, 1.54) is 14.0 Å². The van der Waals surface area contributed by atoms with Crippen molar-refractivity contribution in [2.75, 3.05) is 7.11 Å². The van der Waals surface area contributed by atoms with Gasteiger partial charge in [-0.3, -0.25) is 4.79 Å². The lowest BCUT2D eigenvalue weighted by Crippen LogP contribution is -2.36. The van der Waals surface area contributed by atoms with Gasteiger partial charge in [0.1, 0.15) is 6.04 Å². The van der Waals surface area contributed by atoms with E-state index in [9.17, 15) is 14.4 Å². The van der Waals surface area contributed by atoms with E-state index in [0.29, 0.717) is 0 Å². The van der Waals surface area contributed by atoms with Crippen molar-refractivity contribution in [3.05, 3.63) is 0 Å². The standard InChI is InChI=1S/C8H11NO5/c1-4(10)9-5-3-6(8(12)13-2)14-7(5)11/h5-6H,3H2,1-2H3,(H,9,10). The van der Waals surface area contributed by atoms with Gasteiger partial charge < -0.3 is 14.8 Å². The number of esters is 2. The molecule has 0 aromatic heterocycles. The van der Waals surface area contributed by atoms with Crippen LogP contribution < -0.4 is 5.32 Å². The third kappa shape index (κ3) is 2.21. The molecule has 1 aliphatic rings. The smallest absolute Gasteiger partial charge is 0.347 e. The lowest BCUT2D eigenvalue weighted by molar-refractivity contribution is -0.159. The van der Waals surface area contributed by atoms with Crippen LogP contribution in [0.5, 0.6) is 0 Å². The van der Waals surface area contributed by atoms with Crippen LogP contribution in [0.3, 0.4) is 0 Å². The van der Waals surface area contributed by atoms with Crippen molar-refractivity contribution in [2.24, 2.45) is 0 Å². The predicted octanol–water partition coefficient (Wildman–Crippen LogP) is -1.02. The van der Waals surface area contributed by atoms with Crippen LogP contribution in [0, 0.1) is 0 Å². The van der Waals surface area contributed by atoms with Crippen molar-refractivity contribution in [3.8, 4) is 0 Å². The number of rotatable bonds is 2. The van der Waals surface area contributed by atoms with Gasteiger partial charge in [0.15, 0.2) is 0 Å². The van der Waals surface area contributed by atoms with E-state index in [0.717, 1.165) is 0 Å². The molecule has 14 heavy (non-hydrogen) atoms. The number of cyclic esters (lactones) is 1. The molecule has 0 aliphatic carbocycles. The van der Waals surface area contributed by atoms with E-state index in [2.05, 4.69) is 10.1 Å². The zero-order valence-electron chi connectivity index (χ0n) is 7.90. The molecule has 1 fully saturated rings. The van der Waals surface area contributed by atoms with Crippen LogP contribution >= 0.6 is 0 Å². The summed E-state index contributed by atoms with van der Waals surface area (Å²) in [5.41, 5.74) is 0. The minimum atomic E-state index is -0.899. The van der Waals surface area contributed by atoms with Crippen LogP contribution in [0.15, 0.2) is 0 Å². The van der Waals surface area contributed by atoms with Crippen LogP contribution in [0.1, 0.15) is 13.3 Å². The largest absolute Gasteiger partial charge is 0.466 e. The van der Waals surface area contributed by atoms with Crippen molar-refractivity contribution in [2.45, 2.75) is 25.5 Å². The molecular weight excluding hydrogens is 190 g/mol. The van der Waals surface area contributed by atoms with Gasteiger partial charge in [-0.1, -0.05) is 0 Å². The summed E-state index contributed by atoms with van der Waals surface area (Å²) in [5, 5.41) is 2.38. The Kier molecular flexibility index (Phi) is 3.06. The number of hydrogen-bond donors (Lipinski definition) is 1. The van der Waals surface area contributed by atoms with Gasteiger partial charge in [-0.2, -0.15) is 0 Å². The maximum absolute atomic E-state index is 11.1. The van der Waals surface area contributed by atoms with Crippen LogP contribution in [0.2, 0.25) is 0 Å². The molecule has 2 atom stereocenters. The lowest BCUT2D eigenvalue weighted by Gasteiger charge is -2.05. The van der Waals surface area contributed by atoms with E-state index in [1.54, 1.807) is 0 Å². The minimum Gasteiger partial charge on any atom is -0.466 e. The SMILES string of the molecule is COC(=O)C1CC(NC(C)=O)C(=O)O1. The molecule has 6 heteroatoms. The molecular formula is C8H11NO5. The monoisotopic (exact) mass is 201 g/mol. The molecule has 1 aliphatic heterocycles. The highest BCUT2D eigenvalue weighted by atomic mass is 16.6. The molecule has 0 aromatic rings. The summed E-state index contributed by atoms with van der Waals surface area (Å²) < 4.78 is 9.11. The molecule has 0 spiro atoms. The summed E-state index contributed by atoms with van der Waals surface area (Å²) in [4.78, 5) is 32.7. The van der Waals surface area contributed by atoms with Crippen molar-refractivity contribution in [1.29, 1.82) is 0 Å². The second-order valence-corrected chi connectivity index (χ2v) is 2.94. The van der Waals surface area contributed by atoms with Gasteiger partial charge in [0.2, 0.25) is 12.0 Å². The molecule has 1 N–H and O–H groups in total. The molecule has 2 unspecified atom stereocenters. The van der Waals surface area contributed by atoms with Crippen LogP contribution in [-0.2, 0) is 23.9 Å². The molecule has 0 bridgehead atoms. The summed E-state index contributed by atoms with van der Waals surface area (Å²) >= 11 is 0. The van der Waals surface area contributed by atoms with Crippen LogP contribution in [0.25, 0.3) is 0 Å². The Hall–Kier alpha value is -1.59. The van der Waals surface area contributed by atoms with Crippen molar-refractivity contribution < 1.29 is 23.9 Å². The molecule has 0 radical (unpaired) electrons. The Labute approximate surface area is 80.5 Å². The first-order chi connectivity index (χ1) is 6.54. The summed E-state index contributed by atoms with van der Waals surface area (Å²) in [6, 6.07) is -0.739. The van der Waals surface area contributed by atoms with E-state index in [1.807, 2.05) is 0 Å². The molecule has 1 rings (SSSR count). The summed E-state index contributed by atoms with van der Waals surface area (Å²) in [5.74, 6) is -1.54. The van der Waals surface area contributed by atoms with E-state index < -0.39 is 24.1 Å². The summed E-state index contributed by atoms with van der Waals surface area (Å²) in [6.45, 7) is 1.29. The molecule has 1 saturated heterocycles. The first-order valence-electron chi connectivity index (χ1n) is 4.10. The van der Waals surface area contributed by atoms with Gasteiger partial charge in [-0.25, -0.2) is 9.59 Å². The van der Waals surface area contributed by atoms with Gasteiger partial charge in [0, 0.05) is 13.3 Å². The highest BCUT2D eigenvalue weighted by Gasteiger charge is 2.39. The Morgan fingerprint density at radius 1 is 1.57 bits per heavy atom. The lowest BCUT2D eigenvalue weighted by atomic mass is 10.2. The normalized spacial score (nSPS) is 25.4. The van der Waals surface area contributed by atoms with Crippen LogP contribution in [0.4, 0.5) is 0 Å². The highest BCUT2D eigenvalue weighted by Crippen LogP contribution is 2.15. The molecule has 0 aromatic carbocycles. The van der Waals surface area contributed by atoms with E-state index in [4.69, 9.17) is 4.74 Å². The van der Waals surface area contributed by atoms with Crippen molar-refractivity contribution >= 4 is 17.8 Å². The number of methoxy groups -OCH3 is 1. The number of carbonyl (C=O) groups excluding carboxylic acids is 3. The van der Waals surface area contributed by atoms with Crippen molar-refractivity contribution in [1.82, 2.24) is 5.32 Å². The summed E-state index contributed by atoms with van der Waals surface area (Å²) in [7, 11) is 1.21. The Morgan fingerprint density at radius 3 is 2.71 bits per heavy atom. The van der Waals surface area contributed by atoms with Gasteiger partial charge in [0.05, 0.1) is 7.11 Å². The molecule has 1 heterocycles.